The van der Waals surface area contributed by atoms with Crippen molar-refractivity contribution in [2.45, 2.75) is 124 Å². The van der Waals surface area contributed by atoms with Crippen LogP contribution >= 0.6 is 23.5 Å². The minimum Gasteiger partial charge on any atom is -0.309 e. The van der Waals surface area contributed by atoms with Crippen molar-refractivity contribution in [1.82, 2.24) is 9.13 Å². The van der Waals surface area contributed by atoms with Crippen molar-refractivity contribution in [2.24, 2.45) is 0 Å². The molecule has 0 saturated carbocycles. The average Bonchev–Trinajstić information content (AvgIpc) is 3.72. The van der Waals surface area contributed by atoms with Crippen molar-refractivity contribution in [3.8, 4) is 11.4 Å². The van der Waals surface area contributed by atoms with Crippen LogP contribution in [-0.2, 0) is 21.7 Å². The van der Waals surface area contributed by atoms with Gasteiger partial charge in [0.2, 0.25) is 0 Å². The molecule has 2 heterocycles. The van der Waals surface area contributed by atoms with E-state index in [2.05, 4.69) is 238 Å². The summed E-state index contributed by atoms with van der Waals surface area (Å²) >= 11 is 3.63. The first kappa shape index (κ1) is 42.2. The lowest BCUT2D eigenvalue weighted by molar-refractivity contribution is 0.590. The number of hydrogen-bond donors (Lipinski definition) is 0. The number of rotatable bonds is 6. The number of nitrogens with zero attached hydrogens (tertiary/aromatic N) is 2. The van der Waals surface area contributed by atoms with Crippen LogP contribution in [0.5, 0.6) is 0 Å². The minimum absolute atomic E-state index is 0.0758. The van der Waals surface area contributed by atoms with Gasteiger partial charge in [-0.1, -0.05) is 137 Å². The smallest absolute Gasteiger partial charge is 0.0541 e. The molecule has 9 rings (SSSR count). The summed E-state index contributed by atoms with van der Waals surface area (Å²) in [5.41, 5.74) is 13.1. The van der Waals surface area contributed by atoms with Gasteiger partial charge in [-0.25, -0.2) is 0 Å². The number of benzene rings is 7. The van der Waals surface area contributed by atoms with Crippen molar-refractivity contribution in [3.05, 3.63) is 168 Å². The molecular weight excluding hydrogens is 789 g/mol. The molecule has 0 aliphatic rings. The zero-order valence-corrected chi connectivity index (χ0v) is 40.2. The van der Waals surface area contributed by atoms with Crippen LogP contribution in [0.25, 0.3) is 55.0 Å². The number of fused-ring (bicyclic) bond motifs is 6. The van der Waals surface area contributed by atoms with Gasteiger partial charge in [0.15, 0.2) is 0 Å². The molecule has 2 aromatic heterocycles. The number of aromatic nitrogens is 2. The van der Waals surface area contributed by atoms with E-state index in [-0.39, 0.29) is 21.7 Å². The van der Waals surface area contributed by atoms with Gasteiger partial charge >= 0.3 is 0 Å². The molecule has 0 unspecified atom stereocenters. The van der Waals surface area contributed by atoms with E-state index in [9.17, 15) is 0 Å². The monoisotopic (exact) mass is 848 g/mol. The van der Waals surface area contributed by atoms with Gasteiger partial charge in [0, 0.05) is 52.5 Å². The van der Waals surface area contributed by atoms with E-state index >= 15 is 0 Å². The Morgan fingerprint density at radius 2 is 0.565 bits per heavy atom. The normalized spacial score (nSPS) is 13.0. The molecule has 0 fully saturated rings. The van der Waals surface area contributed by atoms with Crippen molar-refractivity contribution in [3.63, 3.8) is 0 Å². The van der Waals surface area contributed by atoms with Crippen LogP contribution in [0.2, 0.25) is 0 Å². The summed E-state index contributed by atoms with van der Waals surface area (Å²) in [6, 6.07) is 55.3. The van der Waals surface area contributed by atoms with E-state index < -0.39 is 0 Å². The Hall–Kier alpha value is -5.16. The molecule has 0 aliphatic carbocycles. The second kappa shape index (κ2) is 15.3. The summed E-state index contributed by atoms with van der Waals surface area (Å²) < 4.78 is 4.88. The molecule has 0 N–H and O–H groups in total. The van der Waals surface area contributed by atoms with Crippen LogP contribution in [0.3, 0.4) is 0 Å². The Morgan fingerprint density at radius 1 is 0.290 bits per heavy atom. The lowest BCUT2D eigenvalue weighted by atomic mass is 9.85. The van der Waals surface area contributed by atoms with E-state index in [1.807, 2.05) is 23.5 Å². The summed E-state index contributed by atoms with van der Waals surface area (Å²) in [7, 11) is 0. The van der Waals surface area contributed by atoms with Crippen molar-refractivity contribution < 1.29 is 0 Å². The van der Waals surface area contributed by atoms with Crippen LogP contribution in [0.1, 0.15) is 105 Å². The van der Waals surface area contributed by atoms with Crippen molar-refractivity contribution in [1.29, 1.82) is 0 Å². The third kappa shape index (κ3) is 8.01. The molecule has 7 aromatic carbocycles. The molecule has 0 amide bonds. The van der Waals surface area contributed by atoms with E-state index in [0.717, 1.165) is 0 Å². The zero-order valence-electron chi connectivity index (χ0n) is 38.6. The molecule has 9 aromatic rings. The molecule has 314 valence electrons. The zero-order chi connectivity index (χ0) is 43.9. The highest BCUT2D eigenvalue weighted by atomic mass is 32.2. The molecule has 0 atom stereocenters. The van der Waals surface area contributed by atoms with Crippen LogP contribution in [-0.4, -0.2) is 9.13 Å². The van der Waals surface area contributed by atoms with Gasteiger partial charge in [-0.3, -0.25) is 0 Å². The molecule has 0 bridgehead atoms. The highest BCUT2D eigenvalue weighted by Crippen LogP contribution is 2.41. The van der Waals surface area contributed by atoms with Gasteiger partial charge in [-0.15, -0.1) is 0 Å². The van der Waals surface area contributed by atoms with Gasteiger partial charge in [0.05, 0.1) is 22.1 Å². The van der Waals surface area contributed by atoms with Gasteiger partial charge < -0.3 is 9.13 Å². The summed E-state index contributed by atoms with van der Waals surface area (Å²) in [6.07, 6.45) is 0. The Kier molecular flexibility index (Phi) is 10.4. The molecule has 2 nitrogen and oxygen atoms in total. The lowest BCUT2D eigenvalue weighted by Crippen LogP contribution is -2.10. The predicted molar refractivity (Wildman–Crippen MR) is 271 cm³/mol. The van der Waals surface area contributed by atoms with Crippen LogP contribution < -0.4 is 0 Å². The first-order chi connectivity index (χ1) is 29.2. The first-order valence-corrected chi connectivity index (χ1v) is 23.7. The van der Waals surface area contributed by atoms with E-state index in [1.54, 1.807) is 0 Å². The molecule has 0 radical (unpaired) electrons. The first-order valence-electron chi connectivity index (χ1n) is 22.1. The van der Waals surface area contributed by atoms with E-state index in [1.165, 1.54) is 96.8 Å². The van der Waals surface area contributed by atoms with Crippen LogP contribution in [0.4, 0.5) is 0 Å². The Balaban J connectivity index is 0.974. The van der Waals surface area contributed by atoms with Crippen LogP contribution in [0, 0.1) is 0 Å². The third-order valence-electron chi connectivity index (χ3n) is 12.5. The SMILES string of the molecule is CC(C)(C)c1ccc2c(c1)c1cc(C(C)(C)C)ccc1n2-c1ccc(Sc2cccc(Sc3ccc(-n4c5ccc(C(C)(C)C)cc5c5cc(C(C)(C)C)ccc54)cc3)c2)cc1. The fraction of sp³-hybridized carbons (Fsp3) is 0.276. The average molecular weight is 849 g/mol. The minimum atomic E-state index is 0.0758. The summed E-state index contributed by atoms with van der Waals surface area (Å²) in [5, 5.41) is 5.27. The molecule has 0 aliphatic heterocycles. The third-order valence-corrected chi connectivity index (χ3v) is 14.5. The highest BCUT2D eigenvalue weighted by Gasteiger charge is 2.23. The quantitative estimate of drug-likeness (QED) is 0.165. The van der Waals surface area contributed by atoms with Crippen LogP contribution in [0.15, 0.2) is 165 Å². The molecule has 4 heteroatoms. The Labute approximate surface area is 377 Å². The van der Waals surface area contributed by atoms with Gasteiger partial charge in [-0.05, 0) is 159 Å². The van der Waals surface area contributed by atoms with Gasteiger partial charge in [0.1, 0.15) is 0 Å². The van der Waals surface area contributed by atoms with Gasteiger partial charge in [-0.2, -0.15) is 0 Å². The lowest BCUT2D eigenvalue weighted by Gasteiger charge is -2.19. The van der Waals surface area contributed by atoms with E-state index in [0.29, 0.717) is 0 Å². The van der Waals surface area contributed by atoms with Gasteiger partial charge in [0.25, 0.3) is 0 Å². The maximum atomic E-state index is 2.44. The molecular formula is C58H60N2S2. The Bertz CT molecular complexity index is 2780. The molecule has 0 saturated heterocycles. The molecule has 0 spiro atoms. The maximum Gasteiger partial charge on any atom is 0.0541 e. The summed E-state index contributed by atoms with van der Waals surface area (Å²) in [4.78, 5) is 4.91. The fourth-order valence-corrected chi connectivity index (χ4v) is 10.5. The highest BCUT2D eigenvalue weighted by molar-refractivity contribution is 8.00. The standard InChI is InChI=1S/C58H60N2S2/c1-55(2,3)37-16-28-51-47(32-37)48-33-38(56(4,5)6)17-29-52(48)59(51)41-20-24-43(25-21-41)61-45-14-13-15-46(36-45)62-44-26-22-42(23-27-44)60-53-30-18-39(57(7,8)9)34-49(53)50-35-40(58(10,11)12)19-31-54(50)60/h13-36H,1-12H3. The second-order valence-electron chi connectivity index (χ2n) is 21.3. The summed E-state index contributed by atoms with van der Waals surface area (Å²) in [6.45, 7) is 27.6. The summed E-state index contributed by atoms with van der Waals surface area (Å²) in [5.74, 6) is 0. The van der Waals surface area contributed by atoms with E-state index in [4.69, 9.17) is 0 Å². The van der Waals surface area contributed by atoms with Crippen molar-refractivity contribution >= 4 is 67.1 Å². The predicted octanol–water partition coefficient (Wildman–Crippen LogP) is 17.4. The topological polar surface area (TPSA) is 9.86 Å². The Morgan fingerprint density at radius 3 is 0.823 bits per heavy atom. The largest absolute Gasteiger partial charge is 0.309 e. The molecule has 62 heavy (non-hydrogen) atoms. The maximum absolute atomic E-state index is 2.44. The fourth-order valence-electron chi connectivity index (χ4n) is 8.67. The van der Waals surface area contributed by atoms with Crippen molar-refractivity contribution in [2.75, 3.05) is 0 Å². The number of hydrogen-bond acceptors (Lipinski definition) is 2. The second-order valence-corrected chi connectivity index (χ2v) is 23.6.